The zero-order valence-corrected chi connectivity index (χ0v) is 11.0. The summed E-state index contributed by atoms with van der Waals surface area (Å²) >= 11 is 0. The minimum absolute atomic E-state index is 0.0943. The first-order valence-electron chi connectivity index (χ1n) is 6.34. The number of nitrogens with one attached hydrogen (secondary N) is 1. The average molecular weight is 281 g/mol. The van der Waals surface area contributed by atoms with Gasteiger partial charge < -0.3 is 11.1 Å². The van der Waals surface area contributed by atoms with Gasteiger partial charge in [0.05, 0.1) is 23.0 Å². The number of nitrogens with two attached hydrogens (primary N) is 1. The predicted octanol–water partition coefficient (Wildman–Crippen LogP) is 3.21. The summed E-state index contributed by atoms with van der Waals surface area (Å²) in [6.45, 7) is 0. The van der Waals surface area contributed by atoms with Crippen molar-refractivity contribution in [2.24, 2.45) is 0 Å². The van der Waals surface area contributed by atoms with Crippen LogP contribution in [0.3, 0.4) is 0 Å². The van der Waals surface area contributed by atoms with Crippen LogP contribution in [-0.4, -0.2) is 10.9 Å². The standard InChI is InChI=1S/C16H12FN3O/c17-14-6-5-11(18)8-13(14)16(21)20-12-7-10-3-1-2-4-15(10)19-9-12/h1-9H,18H2,(H,20,21). The van der Waals surface area contributed by atoms with Crippen LogP contribution in [0.4, 0.5) is 15.8 Å². The molecule has 104 valence electrons. The normalized spacial score (nSPS) is 10.5. The Morgan fingerprint density at radius 1 is 1.14 bits per heavy atom. The molecule has 0 fully saturated rings. The van der Waals surface area contributed by atoms with Crippen molar-refractivity contribution in [3.63, 3.8) is 0 Å². The van der Waals surface area contributed by atoms with Gasteiger partial charge in [-0.25, -0.2) is 4.39 Å². The van der Waals surface area contributed by atoms with Gasteiger partial charge in [0.25, 0.3) is 5.91 Å². The van der Waals surface area contributed by atoms with Crippen molar-refractivity contribution in [1.82, 2.24) is 4.98 Å². The Labute approximate surface area is 120 Å². The molecule has 0 spiro atoms. The number of benzene rings is 2. The summed E-state index contributed by atoms with van der Waals surface area (Å²) < 4.78 is 13.6. The van der Waals surface area contributed by atoms with E-state index >= 15 is 0 Å². The Morgan fingerprint density at radius 3 is 2.81 bits per heavy atom. The molecule has 0 bridgehead atoms. The van der Waals surface area contributed by atoms with E-state index in [9.17, 15) is 9.18 Å². The van der Waals surface area contributed by atoms with E-state index in [2.05, 4.69) is 10.3 Å². The van der Waals surface area contributed by atoms with E-state index in [4.69, 9.17) is 5.73 Å². The number of fused-ring (bicyclic) bond motifs is 1. The highest BCUT2D eigenvalue weighted by Gasteiger charge is 2.12. The van der Waals surface area contributed by atoms with E-state index in [-0.39, 0.29) is 5.56 Å². The number of aromatic nitrogens is 1. The van der Waals surface area contributed by atoms with Crippen LogP contribution < -0.4 is 11.1 Å². The first-order valence-corrected chi connectivity index (χ1v) is 6.34. The fraction of sp³-hybridized carbons (Fsp3) is 0. The summed E-state index contributed by atoms with van der Waals surface area (Å²) in [4.78, 5) is 16.3. The number of para-hydroxylation sites is 1. The first-order chi connectivity index (χ1) is 10.1. The Hall–Kier alpha value is -2.95. The Balaban J connectivity index is 1.90. The molecule has 0 saturated carbocycles. The summed E-state index contributed by atoms with van der Waals surface area (Å²) in [6, 6.07) is 13.2. The van der Waals surface area contributed by atoms with Crippen LogP contribution in [0.25, 0.3) is 10.9 Å². The Kier molecular flexibility index (Phi) is 3.23. The lowest BCUT2D eigenvalue weighted by Gasteiger charge is -2.07. The Bertz CT molecular complexity index is 833. The molecule has 0 aliphatic heterocycles. The molecule has 2 aromatic carbocycles. The molecule has 4 nitrogen and oxygen atoms in total. The molecule has 0 aliphatic rings. The number of rotatable bonds is 2. The topological polar surface area (TPSA) is 68.0 Å². The van der Waals surface area contributed by atoms with Gasteiger partial charge in [0.1, 0.15) is 5.82 Å². The van der Waals surface area contributed by atoms with Gasteiger partial charge in [0, 0.05) is 11.1 Å². The monoisotopic (exact) mass is 281 g/mol. The summed E-state index contributed by atoms with van der Waals surface area (Å²) in [6.07, 6.45) is 1.53. The van der Waals surface area contributed by atoms with Crippen LogP contribution >= 0.6 is 0 Å². The number of carbonyl (C=O) groups excluding carboxylic acids is 1. The summed E-state index contributed by atoms with van der Waals surface area (Å²) in [5.74, 6) is -1.17. The van der Waals surface area contributed by atoms with E-state index < -0.39 is 11.7 Å². The van der Waals surface area contributed by atoms with Crippen molar-refractivity contribution in [3.8, 4) is 0 Å². The van der Waals surface area contributed by atoms with E-state index in [0.29, 0.717) is 11.4 Å². The van der Waals surface area contributed by atoms with Crippen LogP contribution in [0.15, 0.2) is 54.7 Å². The van der Waals surface area contributed by atoms with Gasteiger partial charge in [-0.05, 0) is 30.3 Å². The summed E-state index contributed by atoms with van der Waals surface area (Å²) in [5, 5.41) is 3.51. The maximum absolute atomic E-state index is 13.6. The van der Waals surface area contributed by atoms with E-state index in [1.54, 1.807) is 6.07 Å². The number of carbonyl (C=O) groups is 1. The number of halogens is 1. The molecule has 0 radical (unpaired) electrons. The third-order valence-electron chi connectivity index (χ3n) is 3.08. The van der Waals surface area contributed by atoms with Gasteiger partial charge in [-0.3, -0.25) is 9.78 Å². The van der Waals surface area contributed by atoms with Crippen molar-refractivity contribution >= 4 is 28.2 Å². The third-order valence-corrected chi connectivity index (χ3v) is 3.08. The lowest BCUT2D eigenvalue weighted by molar-refractivity contribution is 0.102. The molecule has 0 saturated heterocycles. The van der Waals surface area contributed by atoms with E-state index in [0.717, 1.165) is 10.9 Å². The van der Waals surface area contributed by atoms with E-state index in [1.165, 1.54) is 24.4 Å². The van der Waals surface area contributed by atoms with Gasteiger partial charge in [-0.1, -0.05) is 18.2 Å². The summed E-state index contributed by atoms with van der Waals surface area (Å²) in [7, 11) is 0. The van der Waals surface area contributed by atoms with Crippen molar-refractivity contribution in [2.75, 3.05) is 11.1 Å². The van der Waals surface area contributed by atoms with Crippen molar-refractivity contribution in [3.05, 3.63) is 66.1 Å². The molecule has 3 N–H and O–H groups in total. The first kappa shape index (κ1) is 13.1. The lowest BCUT2D eigenvalue weighted by atomic mass is 10.1. The smallest absolute Gasteiger partial charge is 0.258 e. The summed E-state index contributed by atoms with van der Waals surface area (Å²) in [5.41, 5.74) is 7.14. The fourth-order valence-corrected chi connectivity index (χ4v) is 2.05. The molecule has 0 aliphatic carbocycles. The molecule has 1 heterocycles. The number of pyridine rings is 1. The number of hydrogen-bond acceptors (Lipinski definition) is 3. The minimum atomic E-state index is -0.615. The maximum atomic E-state index is 13.6. The van der Waals surface area contributed by atoms with Crippen molar-refractivity contribution in [2.45, 2.75) is 0 Å². The highest BCUT2D eigenvalue weighted by Crippen LogP contribution is 2.18. The zero-order valence-electron chi connectivity index (χ0n) is 11.0. The molecule has 3 rings (SSSR count). The molecule has 21 heavy (non-hydrogen) atoms. The highest BCUT2D eigenvalue weighted by atomic mass is 19.1. The molecular weight excluding hydrogens is 269 g/mol. The van der Waals surface area contributed by atoms with Crippen LogP contribution in [-0.2, 0) is 0 Å². The van der Waals surface area contributed by atoms with Crippen LogP contribution in [0.5, 0.6) is 0 Å². The second kappa shape index (κ2) is 5.20. The Morgan fingerprint density at radius 2 is 1.95 bits per heavy atom. The SMILES string of the molecule is Nc1ccc(F)c(C(=O)Nc2cnc3ccccc3c2)c1. The molecule has 1 amide bonds. The molecular formula is C16H12FN3O. The number of hydrogen-bond donors (Lipinski definition) is 2. The fourth-order valence-electron chi connectivity index (χ4n) is 2.05. The van der Waals surface area contributed by atoms with E-state index in [1.807, 2.05) is 24.3 Å². The molecule has 0 unspecified atom stereocenters. The van der Waals surface area contributed by atoms with Crippen LogP contribution in [0, 0.1) is 5.82 Å². The second-order valence-corrected chi connectivity index (χ2v) is 4.61. The maximum Gasteiger partial charge on any atom is 0.258 e. The molecule has 3 aromatic rings. The van der Waals surface area contributed by atoms with Gasteiger partial charge in [0.2, 0.25) is 0 Å². The van der Waals surface area contributed by atoms with Crippen molar-refractivity contribution in [1.29, 1.82) is 0 Å². The molecule has 0 atom stereocenters. The number of anilines is 2. The third kappa shape index (κ3) is 2.67. The molecule has 5 heteroatoms. The van der Waals surface area contributed by atoms with Crippen molar-refractivity contribution < 1.29 is 9.18 Å². The van der Waals surface area contributed by atoms with Crippen LogP contribution in [0.1, 0.15) is 10.4 Å². The lowest BCUT2D eigenvalue weighted by Crippen LogP contribution is -2.14. The highest BCUT2D eigenvalue weighted by molar-refractivity contribution is 6.05. The van der Waals surface area contributed by atoms with Gasteiger partial charge >= 0.3 is 0 Å². The predicted molar refractivity (Wildman–Crippen MR) is 80.5 cm³/mol. The van der Waals surface area contributed by atoms with Gasteiger partial charge in [-0.2, -0.15) is 0 Å². The number of nitrogens with zero attached hydrogens (tertiary/aromatic N) is 1. The average Bonchev–Trinajstić information content (AvgIpc) is 2.49. The minimum Gasteiger partial charge on any atom is -0.399 e. The largest absolute Gasteiger partial charge is 0.399 e. The number of nitrogen functional groups attached to an aromatic ring is 1. The quantitative estimate of drug-likeness (QED) is 0.709. The van der Waals surface area contributed by atoms with Crippen LogP contribution in [0.2, 0.25) is 0 Å². The second-order valence-electron chi connectivity index (χ2n) is 4.61. The molecule has 1 aromatic heterocycles. The van der Waals surface area contributed by atoms with Gasteiger partial charge in [0.15, 0.2) is 0 Å². The number of amides is 1. The zero-order chi connectivity index (χ0) is 14.8. The van der Waals surface area contributed by atoms with Gasteiger partial charge in [-0.15, -0.1) is 0 Å².